The fourth-order valence-electron chi connectivity index (χ4n) is 4.06. The number of hydrogen-bond donors (Lipinski definition) is 2. The van der Waals surface area contributed by atoms with Crippen LogP contribution in [0.25, 0.3) is 0 Å². The van der Waals surface area contributed by atoms with E-state index in [9.17, 15) is 13.8 Å². The van der Waals surface area contributed by atoms with Crippen molar-refractivity contribution in [2.24, 2.45) is 9.78 Å². The Kier molecular flexibility index (Phi) is 5.89. The topological polar surface area (TPSA) is 112 Å². The van der Waals surface area contributed by atoms with Gasteiger partial charge in [-0.3, -0.25) is 4.79 Å². The summed E-state index contributed by atoms with van der Waals surface area (Å²) >= 11 is 6.29. The number of rotatable bonds is 4. The summed E-state index contributed by atoms with van der Waals surface area (Å²) in [4.78, 5) is 31.1. The quantitative estimate of drug-likeness (QED) is 0.654. The molecule has 1 saturated heterocycles. The Labute approximate surface area is 192 Å². The Morgan fingerprint density at radius 3 is 2.53 bits per heavy atom. The summed E-state index contributed by atoms with van der Waals surface area (Å²) in [6, 6.07) is 7.84. The van der Waals surface area contributed by atoms with Crippen LogP contribution in [0.4, 0.5) is 16.3 Å². The lowest BCUT2D eigenvalue weighted by molar-refractivity contribution is 0.102. The van der Waals surface area contributed by atoms with Crippen molar-refractivity contribution in [3.05, 3.63) is 46.6 Å². The van der Waals surface area contributed by atoms with Gasteiger partial charge >= 0.3 is 6.09 Å². The molecule has 170 valence electrons. The first-order valence-corrected chi connectivity index (χ1v) is 12.7. The van der Waals surface area contributed by atoms with E-state index >= 15 is 0 Å². The number of nitrogens with zero attached hydrogens (tertiary/aromatic N) is 3. The minimum Gasteiger partial charge on any atom is -0.463 e. The van der Waals surface area contributed by atoms with E-state index in [0.717, 1.165) is 25.9 Å². The molecule has 1 saturated carbocycles. The summed E-state index contributed by atoms with van der Waals surface area (Å²) in [6.07, 6.45) is 4.49. The van der Waals surface area contributed by atoms with Crippen molar-refractivity contribution >= 4 is 44.8 Å². The molecule has 2 aliphatic rings. The molecule has 1 unspecified atom stereocenters. The second-order valence-corrected chi connectivity index (χ2v) is 11.2. The van der Waals surface area contributed by atoms with Gasteiger partial charge in [-0.1, -0.05) is 17.7 Å². The van der Waals surface area contributed by atoms with E-state index in [1.165, 1.54) is 31.2 Å². The lowest BCUT2D eigenvalue weighted by atomic mass is 9.93. The van der Waals surface area contributed by atoms with Crippen LogP contribution in [0.5, 0.6) is 0 Å². The summed E-state index contributed by atoms with van der Waals surface area (Å²) in [5.41, 5.74) is 1.90. The lowest BCUT2D eigenvalue weighted by Gasteiger charge is -2.34. The van der Waals surface area contributed by atoms with Gasteiger partial charge in [-0.05, 0) is 62.3 Å². The average Bonchev–Trinajstić information content (AvgIpc) is 3.48. The van der Waals surface area contributed by atoms with E-state index in [1.807, 2.05) is 6.92 Å². The zero-order valence-electron chi connectivity index (χ0n) is 17.9. The number of anilines is 2. The molecule has 10 heteroatoms. The molecule has 2 N–H and O–H groups in total. The van der Waals surface area contributed by atoms with Gasteiger partial charge in [0.15, 0.2) is 0 Å². The maximum absolute atomic E-state index is 13.2. The molecule has 4 rings (SSSR count). The number of aromatic nitrogens is 1. The molecule has 2 fully saturated rings. The second-order valence-electron chi connectivity index (χ2n) is 8.57. The summed E-state index contributed by atoms with van der Waals surface area (Å²) in [6.45, 7) is 3.50. The number of aryl methyl sites for hydroxylation is 1. The number of carbonyl (C=O) groups excluding carboxylic acids is 1. The van der Waals surface area contributed by atoms with Gasteiger partial charge in [0, 0.05) is 29.9 Å². The molecular formula is C22H25ClN4O4S. The van der Waals surface area contributed by atoms with Crippen molar-refractivity contribution in [1.82, 2.24) is 4.98 Å². The standard InChI is InChI=1S/C22H25ClN4O4S/c1-14-18(23)13-17(19(24-14)27-10-8-22(6-7-22)9-11-27)20(28)25-15-4-3-5-16(12-15)32(2,31)26-21(29)30/h3-5,12-13H,6-11H2,1-2H3,(H,25,28)(H,29,30). The van der Waals surface area contributed by atoms with E-state index in [-0.39, 0.29) is 4.90 Å². The minimum atomic E-state index is -3.14. The number of benzene rings is 1. The molecule has 32 heavy (non-hydrogen) atoms. The molecule has 2 amide bonds. The third-order valence-electron chi connectivity index (χ3n) is 6.24. The fourth-order valence-corrected chi connectivity index (χ4v) is 5.29. The number of hydrogen-bond acceptors (Lipinski definition) is 5. The van der Waals surface area contributed by atoms with Gasteiger partial charge < -0.3 is 15.3 Å². The van der Waals surface area contributed by atoms with Crippen LogP contribution in [0.3, 0.4) is 0 Å². The first-order valence-electron chi connectivity index (χ1n) is 10.4. The first kappa shape index (κ1) is 22.5. The van der Waals surface area contributed by atoms with Crippen LogP contribution >= 0.6 is 11.6 Å². The summed E-state index contributed by atoms with van der Waals surface area (Å²) < 4.78 is 15.9. The lowest BCUT2D eigenvalue weighted by Crippen LogP contribution is -2.36. The van der Waals surface area contributed by atoms with E-state index in [1.54, 1.807) is 18.2 Å². The van der Waals surface area contributed by atoms with Gasteiger partial charge in [-0.2, -0.15) is 0 Å². The molecule has 8 nitrogen and oxygen atoms in total. The molecule has 1 atom stereocenters. The second kappa shape index (κ2) is 8.37. The van der Waals surface area contributed by atoms with Crippen molar-refractivity contribution in [3.8, 4) is 0 Å². The monoisotopic (exact) mass is 476 g/mol. The molecule has 0 bridgehead atoms. The SMILES string of the molecule is Cc1nc(N2CCC3(CC2)CC3)c(C(=O)Nc2cccc(S(C)(=O)=NC(=O)O)c2)cc1Cl. The Balaban J connectivity index is 1.61. The molecule has 1 aromatic heterocycles. The van der Waals surface area contributed by atoms with Crippen LogP contribution in [0.15, 0.2) is 39.6 Å². The third-order valence-corrected chi connectivity index (χ3v) is 8.25. The van der Waals surface area contributed by atoms with E-state index in [0.29, 0.717) is 33.2 Å². The van der Waals surface area contributed by atoms with E-state index in [2.05, 4.69) is 19.6 Å². The fraction of sp³-hybridized carbons (Fsp3) is 0.409. The molecule has 2 heterocycles. The number of halogens is 1. The van der Waals surface area contributed by atoms with Gasteiger partial charge in [0.1, 0.15) is 5.82 Å². The van der Waals surface area contributed by atoms with Crippen molar-refractivity contribution in [1.29, 1.82) is 0 Å². The predicted molar refractivity (Wildman–Crippen MR) is 124 cm³/mol. The number of carbonyl (C=O) groups is 2. The molecule has 1 aliphatic carbocycles. The highest BCUT2D eigenvalue weighted by molar-refractivity contribution is 7.93. The van der Waals surface area contributed by atoms with Crippen LogP contribution in [0.2, 0.25) is 5.02 Å². The third kappa shape index (κ3) is 4.73. The number of nitrogens with one attached hydrogen (secondary N) is 1. The summed E-state index contributed by atoms with van der Waals surface area (Å²) in [5, 5.41) is 12.1. The van der Waals surface area contributed by atoms with E-state index < -0.39 is 21.7 Å². The van der Waals surface area contributed by atoms with Crippen LogP contribution in [-0.2, 0) is 9.73 Å². The normalized spacial score (nSPS) is 18.7. The Hall–Kier alpha value is -2.65. The smallest absolute Gasteiger partial charge is 0.439 e. The van der Waals surface area contributed by atoms with Gasteiger partial charge in [0.25, 0.3) is 5.91 Å². The minimum absolute atomic E-state index is 0.212. The highest BCUT2D eigenvalue weighted by Gasteiger charge is 2.45. The van der Waals surface area contributed by atoms with Gasteiger partial charge in [-0.25, -0.2) is 14.0 Å². The molecule has 1 spiro atoms. The molecule has 2 aromatic rings. The van der Waals surface area contributed by atoms with Crippen LogP contribution in [-0.4, -0.2) is 45.6 Å². The van der Waals surface area contributed by atoms with Crippen molar-refractivity contribution in [2.45, 2.75) is 37.5 Å². The average molecular weight is 477 g/mol. The molecule has 0 radical (unpaired) electrons. The zero-order chi connectivity index (χ0) is 23.1. The number of piperidine rings is 1. The van der Waals surface area contributed by atoms with Crippen molar-refractivity contribution in [2.75, 3.05) is 29.6 Å². The van der Waals surface area contributed by atoms with Gasteiger partial charge in [0.2, 0.25) is 0 Å². The Bertz CT molecular complexity index is 1210. The number of pyridine rings is 1. The Morgan fingerprint density at radius 1 is 1.22 bits per heavy atom. The molecular weight excluding hydrogens is 452 g/mol. The van der Waals surface area contributed by atoms with Crippen LogP contribution in [0.1, 0.15) is 41.7 Å². The predicted octanol–water partition coefficient (Wildman–Crippen LogP) is 4.81. The molecule has 1 aliphatic heterocycles. The van der Waals surface area contributed by atoms with E-state index in [4.69, 9.17) is 16.7 Å². The maximum Gasteiger partial charge on any atom is 0.439 e. The van der Waals surface area contributed by atoms with Gasteiger partial charge in [-0.15, -0.1) is 4.36 Å². The molecule has 1 aromatic carbocycles. The van der Waals surface area contributed by atoms with Gasteiger partial charge in [0.05, 0.1) is 26.0 Å². The van der Waals surface area contributed by atoms with Crippen LogP contribution in [0, 0.1) is 12.3 Å². The largest absolute Gasteiger partial charge is 0.463 e. The van der Waals surface area contributed by atoms with Crippen molar-refractivity contribution in [3.63, 3.8) is 0 Å². The zero-order valence-corrected chi connectivity index (χ0v) is 19.5. The first-order chi connectivity index (χ1) is 15.1. The van der Waals surface area contributed by atoms with Crippen LogP contribution < -0.4 is 10.2 Å². The maximum atomic E-state index is 13.2. The number of amides is 2. The highest BCUT2D eigenvalue weighted by atomic mass is 35.5. The summed E-state index contributed by atoms with van der Waals surface area (Å²) in [7, 11) is -3.14. The summed E-state index contributed by atoms with van der Waals surface area (Å²) in [5.74, 6) is 0.215. The van der Waals surface area contributed by atoms with Crippen molar-refractivity contribution < 1.29 is 18.9 Å². The Morgan fingerprint density at radius 2 is 1.91 bits per heavy atom. The highest BCUT2D eigenvalue weighted by Crippen LogP contribution is 2.54. The number of carboxylic acid groups (broad SMARTS) is 1.